The van der Waals surface area contributed by atoms with Crippen LogP contribution in [0.25, 0.3) is 0 Å². The standard InChI is InChI=1S/C16H27NO4/c1-15(2,3)20-13(18)9-7-10-11(8-9)12(10)17-14(19)21-16(4,5)6/h9-12H,7-8H2,1-6H3,(H,17,19). The number of esters is 1. The second-order valence-corrected chi connectivity index (χ2v) is 8.20. The van der Waals surface area contributed by atoms with Crippen molar-refractivity contribution in [3.05, 3.63) is 0 Å². The number of fused-ring (bicyclic) bond motifs is 1. The van der Waals surface area contributed by atoms with Crippen LogP contribution in [-0.2, 0) is 14.3 Å². The lowest BCUT2D eigenvalue weighted by atomic mass is 10.0. The van der Waals surface area contributed by atoms with Crippen LogP contribution in [0, 0.1) is 17.8 Å². The second-order valence-electron chi connectivity index (χ2n) is 8.20. The van der Waals surface area contributed by atoms with Gasteiger partial charge in [-0.2, -0.15) is 0 Å². The van der Waals surface area contributed by atoms with Crippen LogP contribution in [0.4, 0.5) is 4.79 Å². The number of amides is 1. The van der Waals surface area contributed by atoms with E-state index in [0.717, 1.165) is 12.8 Å². The molecule has 0 aromatic heterocycles. The predicted octanol–water partition coefficient (Wildman–Crippen LogP) is 2.88. The van der Waals surface area contributed by atoms with Crippen LogP contribution in [0.3, 0.4) is 0 Å². The van der Waals surface area contributed by atoms with Gasteiger partial charge < -0.3 is 14.8 Å². The Labute approximate surface area is 126 Å². The fourth-order valence-electron chi connectivity index (χ4n) is 3.08. The molecule has 0 saturated heterocycles. The summed E-state index contributed by atoms with van der Waals surface area (Å²) in [5, 5.41) is 2.91. The van der Waals surface area contributed by atoms with Gasteiger partial charge in [-0.3, -0.25) is 4.79 Å². The summed E-state index contributed by atoms with van der Waals surface area (Å²) >= 11 is 0. The van der Waals surface area contributed by atoms with Gasteiger partial charge in [-0.1, -0.05) is 0 Å². The summed E-state index contributed by atoms with van der Waals surface area (Å²) in [6.07, 6.45) is 1.25. The molecule has 5 nitrogen and oxygen atoms in total. The van der Waals surface area contributed by atoms with Crippen LogP contribution in [0.15, 0.2) is 0 Å². The lowest BCUT2D eigenvalue weighted by Gasteiger charge is -2.23. The molecular weight excluding hydrogens is 270 g/mol. The van der Waals surface area contributed by atoms with Gasteiger partial charge >= 0.3 is 12.1 Å². The second kappa shape index (κ2) is 5.18. The highest BCUT2D eigenvalue weighted by molar-refractivity contribution is 5.74. The van der Waals surface area contributed by atoms with E-state index in [-0.39, 0.29) is 24.0 Å². The van der Waals surface area contributed by atoms with Gasteiger partial charge in [-0.15, -0.1) is 0 Å². The van der Waals surface area contributed by atoms with Crippen molar-refractivity contribution < 1.29 is 19.1 Å². The van der Waals surface area contributed by atoms with Crippen LogP contribution in [0.2, 0.25) is 0 Å². The van der Waals surface area contributed by atoms with Crippen LogP contribution in [0.1, 0.15) is 54.4 Å². The molecule has 0 spiro atoms. The lowest BCUT2D eigenvalue weighted by molar-refractivity contribution is -0.160. The zero-order chi connectivity index (χ0) is 16.0. The highest BCUT2D eigenvalue weighted by Crippen LogP contribution is 2.55. The van der Waals surface area contributed by atoms with E-state index in [4.69, 9.17) is 9.47 Å². The van der Waals surface area contributed by atoms with Crippen molar-refractivity contribution in [2.45, 2.75) is 71.6 Å². The largest absolute Gasteiger partial charge is 0.460 e. The van der Waals surface area contributed by atoms with Crippen molar-refractivity contribution in [1.82, 2.24) is 5.32 Å². The molecule has 0 radical (unpaired) electrons. The monoisotopic (exact) mass is 297 g/mol. The summed E-state index contributed by atoms with van der Waals surface area (Å²) < 4.78 is 10.7. The quantitative estimate of drug-likeness (QED) is 0.796. The first-order chi connectivity index (χ1) is 9.46. The van der Waals surface area contributed by atoms with Crippen molar-refractivity contribution in [2.24, 2.45) is 17.8 Å². The predicted molar refractivity (Wildman–Crippen MR) is 78.7 cm³/mol. The van der Waals surface area contributed by atoms with Crippen LogP contribution < -0.4 is 5.32 Å². The molecule has 0 aromatic carbocycles. The van der Waals surface area contributed by atoms with E-state index in [2.05, 4.69) is 5.32 Å². The third kappa shape index (κ3) is 4.35. The molecule has 0 heterocycles. The highest BCUT2D eigenvalue weighted by Gasteiger charge is 2.58. The van der Waals surface area contributed by atoms with E-state index in [1.807, 2.05) is 41.5 Å². The molecule has 2 saturated carbocycles. The molecule has 2 aliphatic carbocycles. The first kappa shape index (κ1) is 16.1. The third-order valence-corrected chi connectivity index (χ3v) is 3.87. The van der Waals surface area contributed by atoms with Gasteiger partial charge in [0.15, 0.2) is 0 Å². The molecule has 2 fully saturated rings. The average Bonchev–Trinajstić information content (AvgIpc) is 2.68. The minimum absolute atomic E-state index is 0.0177. The van der Waals surface area contributed by atoms with Crippen molar-refractivity contribution in [1.29, 1.82) is 0 Å². The molecule has 0 aromatic rings. The van der Waals surface area contributed by atoms with Gasteiger partial charge in [0.25, 0.3) is 0 Å². The molecule has 0 bridgehead atoms. The first-order valence-electron chi connectivity index (χ1n) is 7.69. The van der Waals surface area contributed by atoms with E-state index in [9.17, 15) is 9.59 Å². The number of hydrogen-bond acceptors (Lipinski definition) is 4. The number of nitrogens with one attached hydrogen (secondary N) is 1. The van der Waals surface area contributed by atoms with E-state index >= 15 is 0 Å². The van der Waals surface area contributed by atoms with E-state index in [0.29, 0.717) is 11.8 Å². The Balaban J connectivity index is 1.75. The molecule has 2 rings (SSSR count). The van der Waals surface area contributed by atoms with Crippen LogP contribution in [-0.4, -0.2) is 29.3 Å². The molecule has 21 heavy (non-hydrogen) atoms. The van der Waals surface area contributed by atoms with Gasteiger partial charge in [0.2, 0.25) is 0 Å². The number of ether oxygens (including phenoxy) is 2. The lowest BCUT2D eigenvalue weighted by Crippen LogP contribution is -2.36. The number of rotatable bonds is 2. The molecule has 2 aliphatic rings. The first-order valence-corrected chi connectivity index (χ1v) is 7.69. The van der Waals surface area contributed by atoms with Crippen molar-refractivity contribution in [3.8, 4) is 0 Å². The summed E-state index contributed by atoms with van der Waals surface area (Å²) in [5.74, 6) is 0.673. The normalized spacial score (nSPS) is 31.3. The summed E-state index contributed by atoms with van der Waals surface area (Å²) in [4.78, 5) is 23.7. The fraction of sp³-hybridized carbons (Fsp3) is 0.875. The van der Waals surface area contributed by atoms with Crippen molar-refractivity contribution in [3.63, 3.8) is 0 Å². The van der Waals surface area contributed by atoms with Gasteiger partial charge in [0.1, 0.15) is 11.2 Å². The maximum atomic E-state index is 12.0. The molecule has 120 valence electrons. The van der Waals surface area contributed by atoms with E-state index in [1.54, 1.807) is 0 Å². The molecule has 0 aliphatic heterocycles. The van der Waals surface area contributed by atoms with Gasteiger partial charge in [0, 0.05) is 6.04 Å². The molecule has 2 atom stereocenters. The summed E-state index contributed by atoms with van der Waals surface area (Å²) in [7, 11) is 0. The molecule has 1 N–H and O–H groups in total. The minimum Gasteiger partial charge on any atom is -0.460 e. The fourth-order valence-corrected chi connectivity index (χ4v) is 3.08. The Morgan fingerprint density at radius 3 is 1.81 bits per heavy atom. The average molecular weight is 297 g/mol. The maximum absolute atomic E-state index is 12.0. The molecule has 2 unspecified atom stereocenters. The minimum atomic E-state index is -0.479. The Morgan fingerprint density at radius 1 is 0.905 bits per heavy atom. The SMILES string of the molecule is CC(C)(C)OC(=O)NC1C2CC(C(=O)OC(C)(C)C)CC21. The number of alkyl carbamates (subject to hydrolysis) is 1. The van der Waals surface area contributed by atoms with Gasteiger partial charge in [-0.25, -0.2) is 4.79 Å². The Bertz CT molecular complexity index is 421. The molecule has 5 heteroatoms. The zero-order valence-electron chi connectivity index (χ0n) is 13.9. The highest BCUT2D eigenvalue weighted by atomic mass is 16.6. The van der Waals surface area contributed by atoms with Crippen LogP contribution >= 0.6 is 0 Å². The van der Waals surface area contributed by atoms with Crippen LogP contribution in [0.5, 0.6) is 0 Å². The van der Waals surface area contributed by atoms with Gasteiger partial charge in [0.05, 0.1) is 5.92 Å². The summed E-state index contributed by atoms with van der Waals surface area (Å²) in [5.41, 5.74) is -0.912. The topological polar surface area (TPSA) is 64.6 Å². The number of carbonyl (C=O) groups excluding carboxylic acids is 2. The van der Waals surface area contributed by atoms with Gasteiger partial charge in [-0.05, 0) is 66.2 Å². The van der Waals surface area contributed by atoms with E-state index in [1.165, 1.54) is 0 Å². The molecular formula is C16H27NO4. The van der Waals surface area contributed by atoms with E-state index < -0.39 is 11.2 Å². The molecule has 1 amide bonds. The zero-order valence-corrected chi connectivity index (χ0v) is 13.9. The summed E-state index contributed by atoms with van der Waals surface area (Å²) in [6.45, 7) is 11.2. The maximum Gasteiger partial charge on any atom is 0.407 e. The van der Waals surface area contributed by atoms with Crippen molar-refractivity contribution in [2.75, 3.05) is 0 Å². The third-order valence-electron chi connectivity index (χ3n) is 3.87. The Hall–Kier alpha value is -1.26. The smallest absolute Gasteiger partial charge is 0.407 e. The Morgan fingerprint density at radius 2 is 1.38 bits per heavy atom. The Kier molecular flexibility index (Phi) is 3.98. The summed E-state index contributed by atoms with van der Waals surface area (Å²) in [6, 6.07) is 0.165. The number of hydrogen-bond donors (Lipinski definition) is 1. The van der Waals surface area contributed by atoms with Crippen molar-refractivity contribution >= 4 is 12.1 Å². The number of carbonyl (C=O) groups is 2.